The van der Waals surface area contributed by atoms with E-state index in [0.29, 0.717) is 0 Å². The molecular formula is C3H7FO3S. The van der Waals surface area contributed by atoms with Gasteiger partial charge in [0.2, 0.25) is 6.01 Å². The van der Waals surface area contributed by atoms with Gasteiger partial charge in [0.1, 0.15) is 0 Å². The van der Waals surface area contributed by atoms with Crippen LogP contribution >= 0.6 is 0 Å². The fourth-order valence-corrected chi connectivity index (χ4v) is 0.633. The normalized spacial score (nSPS) is 11.8. The third-order valence-corrected chi connectivity index (χ3v) is 1.29. The second-order valence-corrected chi connectivity index (χ2v) is 2.64. The maximum absolute atomic E-state index is 11.2. The second kappa shape index (κ2) is 2.99. The summed E-state index contributed by atoms with van der Waals surface area (Å²) >= 11 is 0. The van der Waals surface area contributed by atoms with Crippen LogP contribution in [0.15, 0.2) is 0 Å². The van der Waals surface area contributed by atoms with Crippen molar-refractivity contribution in [2.75, 3.05) is 12.6 Å². The van der Waals surface area contributed by atoms with E-state index < -0.39 is 16.1 Å². The number of alkyl halides is 1. The Hall–Kier alpha value is -0.160. The zero-order valence-electron chi connectivity index (χ0n) is 4.43. The van der Waals surface area contributed by atoms with Crippen LogP contribution in [0.2, 0.25) is 0 Å². The summed E-state index contributed by atoms with van der Waals surface area (Å²) in [4.78, 5) is 0. The van der Waals surface area contributed by atoms with Gasteiger partial charge in [-0.05, 0) is 6.92 Å². The van der Waals surface area contributed by atoms with Crippen molar-refractivity contribution in [3.05, 3.63) is 0 Å². The van der Waals surface area contributed by atoms with E-state index in [0.717, 1.165) is 0 Å². The van der Waals surface area contributed by atoms with Gasteiger partial charge in [0.05, 0.1) is 6.61 Å². The first kappa shape index (κ1) is 7.84. The largest absolute Gasteiger partial charge is 0.297 e. The smallest absolute Gasteiger partial charge is 0.268 e. The molecule has 0 spiro atoms. The molecule has 0 amide bonds. The van der Waals surface area contributed by atoms with Gasteiger partial charge in [0.15, 0.2) is 0 Å². The van der Waals surface area contributed by atoms with E-state index in [1.165, 1.54) is 6.92 Å². The van der Waals surface area contributed by atoms with E-state index in [1.54, 1.807) is 0 Å². The summed E-state index contributed by atoms with van der Waals surface area (Å²) in [5, 5.41) is 0. The van der Waals surface area contributed by atoms with Crippen molar-refractivity contribution < 1.29 is 17.0 Å². The SMILES string of the molecule is CCOS(=O)(=O)CF. The Morgan fingerprint density at radius 1 is 1.62 bits per heavy atom. The number of rotatable bonds is 3. The van der Waals surface area contributed by atoms with E-state index in [9.17, 15) is 12.8 Å². The second-order valence-electron chi connectivity index (χ2n) is 1.07. The molecule has 0 saturated heterocycles. The maximum atomic E-state index is 11.2. The molecule has 0 aliphatic rings. The van der Waals surface area contributed by atoms with Crippen LogP contribution in [-0.2, 0) is 14.3 Å². The molecule has 0 aromatic carbocycles. The van der Waals surface area contributed by atoms with Crippen LogP contribution in [0.1, 0.15) is 6.92 Å². The highest BCUT2D eigenvalue weighted by molar-refractivity contribution is 7.86. The lowest BCUT2D eigenvalue weighted by molar-refractivity contribution is 0.326. The number of hydrogen-bond acceptors (Lipinski definition) is 3. The van der Waals surface area contributed by atoms with E-state index in [4.69, 9.17) is 0 Å². The van der Waals surface area contributed by atoms with Crippen molar-refractivity contribution in [2.24, 2.45) is 0 Å². The average Bonchev–Trinajstić information content (AvgIpc) is 1.67. The molecule has 50 valence electrons. The van der Waals surface area contributed by atoms with Gasteiger partial charge in [-0.15, -0.1) is 0 Å². The number of halogens is 1. The van der Waals surface area contributed by atoms with Crippen LogP contribution in [0.4, 0.5) is 4.39 Å². The molecule has 0 fully saturated rings. The maximum Gasteiger partial charge on any atom is 0.297 e. The van der Waals surface area contributed by atoms with Crippen LogP contribution in [0.25, 0.3) is 0 Å². The minimum atomic E-state index is -3.84. The molecular weight excluding hydrogens is 135 g/mol. The fraction of sp³-hybridized carbons (Fsp3) is 1.00. The summed E-state index contributed by atoms with van der Waals surface area (Å²) in [5.74, 6) is 0. The van der Waals surface area contributed by atoms with Crippen LogP contribution in [0, 0.1) is 0 Å². The molecule has 0 rings (SSSR count). The van der Waals surface area contributed by atoms with Crippen molar-refractivity contribution in [1.82, 2.24) is 0 Å². The zero-order valence-corrected chi connectivity index (χ0v) is 5.24. The van der Waals surface area contributed by atoms with Gasteiger partial charge in [0, 0.05) is 0 Å². The molecule has 5 heteroatoms. The summed E-state index contributed by atoms with van der Waals surface area (Å²) < 4.78 is 35.2. The molecule has 0 aromatic rings. The molecule has 0 aliphatic heterocycles. The fourth-order valence-electron chi connectivity index (χ4n) is 0.211. The van der Waals surface area contributed by atoms with Crippen molar-refractivity contribution in [1.29, 1.82) is 0 Å². The lowest BCUT2D eigenvalue weighted by Crippen LogP contribution is -2.06. The average molecular weight is 142 g/mol. The van der Waals surface area contributed by atoms with Gasteiger partial charge in [-0.3, -0.25) is 4.18 Å². The predicted molar refractivity (Wildman–Crippen MR) is 26.5 cm³/mol. The summed E-state index contributed by atoms with van der Waals surface area (Å²) in [7, 11) is -3.84. The van der Waals surface area contributed by atoms with Crippen molar-refractivity contribution in [3.63, 3.8) is 0 Å². The lowest BCUT2D eigenvalue weighted by atomic mass is 10.9. The summed E-state index contributed by atoms with van der Waals surface area (Å²) in [6.07, 6.45) is 0. The first-order chi connectivity index (χ1) is 3.62. The summed E-state index contributed by atoms with van der Waals surface area (Å²) in [5.41, 5.74) is 0. The lowest BCUT2D eigenvalue weighted by Gasteiger charge is -1.93. The molecule has 0 bridgehead atoms. The van der Waals surface area contributed by atoms with Gasteiger partial charge in [0.25, 0.3) is 10.1 Å². The number of hydrogen-bond donors (Lipinski definition) is 0. The van der Waals surface area contributed by atoms with Crippen LogP contribution in [-0.4, -0.2) is 21.0 Å². The molecule has 0 aliphatic carbocycles. The van der Waals surface area contributed by atoms with E-state index in [2.05, 4.69) is 4.18 Å². The highest BCUT2D eigenvalue weighted by Gasteiger charge is 2.06. The van der Waals surface area contributed by atoms with E-state index >= 15 is 0 Å². The summed E-state index contributed by atoms with van der Waals surface area (Å²) in [6.45, 7) is 1.47. The van der Waals surface area contributed by atoms with Crippen molar-refractivity contribution >= 4 is 10.1 Å². The van der Waals surface area contributed by atoms with Crippen LogP contribution < -0.4 is 0 Å². The Balaban J connectivity index is 3.76. The van der Waals surface area contributed by atoms with Crippen LogP contribution in [0.3, 0.4) is 0 Å². The molecule has 0 aromatic heterocycles. The Labute approximate surface area is 47.6 Å². The topological polar surface area (TPSA) is 43.4 Å². The molecule has 0 heterocycles. The Bertz CT molecular complexity index is 139. The molecule has 0 saturated carbocycles. The Morgan fingerprint density at radius 2 is 2.12 bits per heavy atom. The Morgan fingerprint density at radius 3 is 2.25 bits per heavy atom. The summed E-state index contributed by atoms with van der Waals surface area (Å²) in [6, 6.07) is -1.44. The Kier molecular flexibility index (Phi) is 2.93. The minimum Gasteiger partial charge on any atom is -0.268 e. The first-order valence-corrected chi connectivity index (χ1v) is 3.63. The minimum absolute atomic E-state index is 0.00769. The van der Waals surface area contributed by atoms with Crippen LogP contribution in [0.5, 0.6) is 0 Å². The first-order valence-electron chi connectivity index (χ1n) is 2.05. The van der Waals surface area contributed by atoms with Crippen molar-refractivity contribution in [2.45, 2.75) is 6.92 Å². The predicted octanol–water partition coefficient (Wildman–Crippen LogP) is 0.280. The van der Waals surface area contributed by atoms with Crippen molar-refractivity contribution in [3.8, 4) is 0 Å². The van der Waals surface area contributed by atoms with Gasteiger partial charge in [-0.1, -0.05) is 0 Å². The monoisotopic (exact) mass is 142 g/mol. The quantitative estimate of drug-likeness (QED) is 0.531. The van der Waals surface area contributed by atoms with Gasteiger partial charge in [-0.2, -0.15) is 8.42 Å². The highest BCUT2D eigenvalue weighted by Crippen LogP contribution is 1.91. The molecule has 3 nitrogen and oxygen atoms in total. The molecule has 0 radical (unpaired) electrons. The third kappa shape index (κ3) is 2.92. The van der Waals surface area contributed by atoms with E-state index in [-0.39, 0.29) is 6.61 Å². The van der Waals surface area contributed by atoms with E-state index in [1.807, 2.05) is 0 Å². The molecule has 8 heavy (non-hydrogen) atoms. The van der Waals surface area contributed by atoms with Gasteiger partial charge in [-0.25, -0.2) is 4.39 Å². The van der Waals surface area contributed by atoms with Gasteiger partial charge >= 0.3 is 0 Å². The molecule has 0 atom stereocenters. The molecule has 0 unspecified atom stereocenters. The zero-order chi connectivity index (χ0) is 6.62. The van der Waals surface area contributed by atoms with Gasteiger partial charge < -0.3 is 0 Å². The molecule has 0 N–H and O–H groups in total. The third-order valence-electron chi connectivity index (χ3n) is 0.431. The highest BCUT2D eigenvalue weighted by atomic mass is 32.2. The standard InChI is InChI=1S/C3H7FO3S/c1-2-7-8(5,6)3-4/h2-3H2,1H3.